The van der Waals surface area contributed by atoms with Crippen molar-refractivity contribution in [2.24, 2.45) is 17.3 Å². The molecule has 1 N–H and O–H groups in total. The van der Waals surface area contributed by atoms with Crippen LogP contribution in [-0.2, 0) is 20.8 Å². The number of carboxylic acid groups (broad SMARTS) is 1. The average Bonchev–Trinajstić information content (AvgIpc) is 3.31. The fraction of sp³-hybridized carbons (Fsp3) is 0.471. The number of carbonyl (C=O) groups is 3. The van der Waals surface area contributed by atoms with E-state index in [-0.39, 0.29) is 29.9 Å². The third-order valence-corrected chi connectivity index (χ3v) is 10.7. The zero-order valence-electron chi connectivity index (χ0n) is 24.1. The van der Waals surface area contributed by atoms with Crippen molar-refractivity contribution < 1.29 is 24.2 Å². The van der Waals surface area contributed by atoms with E-state index in [1.807, 2.05) is 42.5 Å². The number of amides is 1. The SMILES string of the molecule is O=C1C[C@]2(C(=O)O)C[C@H]2/C=C\CCCCC[C@H](CCc2ccccc2)C(=O)N2C[C@H](Oc3nc4ccc(Br)cc4s3)C[C@@H]12. The summed E-state index contributed by atoms with van der Waals surface area (Å²) in [6.45, 7) is 0.292. The zero-order chi connectivity index (χ0) is 30.0. The quantitative estimate of drug-likeness (QED) is 0.279. The lowest BCUT2D eigenvalue weighted by atomic mass is 9.90. The molecule has 3 aliphatic rings. The van der Waals surface area contributed by atoms with Crippen LogP contribution in [0.3, 0.4) is 0 Å². The highest BCUT2D eigenvalue weighted by Gasteiger charge is 2.61. The molecule has 43 heavy (non-hydrogen) atoms. The second kappa shape index (κ2) is 12.9. The molecule has 1 aliphatic carbocycles. The number of Topliss-reactive ketones (excluding diaryl/α,β-unsaturated/α-hetero) is 1. The van der Waals surface area contributed by atoms with E-state index in [0.29, 0.717) is 31.0 Å². The van der Waals surface area contributed by atoms with E-state index in [9.17, 15) is 19.5 Å². The largest absolute Gasteiger partial charge is 0.481 e. The molecule has 3 heterocycles. The number of nitrogens with zero attached hydrogens (tertiary/aromatic N) is 2. The van der Waals surface area contributed by atoms with Crippen LogP contribution in [0.5, 0.6) is 5.19 Å². The van der Waals surface area contributed by atoms with Gasteiger partial charge < -0.3 is 14.7 Å². The lowest BCUT2D eigenvalue weighted by Gasteiger charge is -2.29. The number of hydrogen-bond donors (Lipinski definition) is 1. The molecule has 6 rings (SSSR count). The number of aromatic nitrogens is 1. The number of allylic oxidation sites excluding steroid dienone is 2. The van der Waals surface area contributed by atoms with Gasteiger partial charge in [0.2, 0.25) is 5.91 Å². The Morgan fingerprint density at radius 3 is 2.79 bits per heavy atom. The standard InChI is InChI=1S/C34H37BrN2O5S/c35-25-15-16-27-30(17-25)43-33(36-27)42-26-18-28-29(38)20-34(32(40)41)19-24(34)12-8-3-1-2-7-11-23(31(39)37(28)21-26)14-13-22-9-5-4-6-10-22/h4-6,8-10,12,15-17,23-24,26,28H,1-3,7,11,13-14,18-21H2,(H,40,41)/b12-8-/t23-,24-,26-,28+,34-/m1/s1. The van der Waals surface area contributed by atoms with Crippen molar-refractivity contribution in [2.75, 3.05) is 6.54 Å². The molecule has 7 nitrogen and oxygen atoms in total. The van der Waals surface area contributed by atoms with E-state index in [1.165, 1.54) is 16.9 Å². The van der Waals surface area contributed by atoms with Gasteiger partial charge in [-0.25, -0.2) is 4.98 Å². The maximum absolute atomic E-state index is 14.3. The summed E-state index contributed by atoms with van der Waals surface area (Å²) in [6, 6.07) is 15.4. The maximum atomic E-state index is 14.3. The van der Waals surface area contributed by atoms with E-state index in [2.05, 4.69) is 39.1 Å². The smallest absolute Gasteiger partial charge is 0.310 e. The summed E-state index contributed by atoms with van der Waals surface area (Å²) in [4.78, 5) is 47.0. The molecule has 226 valence electrons. The molecular formula is C34H37BrN2O5S. The summed E-state index contributed by atoms with van der Waals surface area (Å²) in [7, 11) is 0. The highest BCUT2D eigenvalue weighted by Crippen LogP contribution is 2.57. The number of carbonyl (C=O) groups excluding carboxylic acids is 2. The van der Waals surface area contributed by atoms with Crippen LogP contribution in [0.2, 0.25) is 0 Å². The molecule has 1 aromatic heterocycles. The van der Waals surface area contributed by atoms with Gasteiger partial charge in [-0.05, 0) is 68.2 Å². The van der Waals surface area contributed by atoms with Gasteiger partial charge in [0, 0.05) is 23.2 Å². The Morgan fingerprint density at radius 2 is 1.98 bits per heavy atom. The third kappa shape index (κ3) is 6.73. The molecule has 2 aromatic carbocycles. The highest BCUT2D eigenvalue weighted by molar-refractivity contribution is 9.10. The van der Waals surface area contributed by atoms with Crippen molar-refractivity contribution in [3.63, 3.8) is 0 Å². The Labute approximate surface area is 264 Å². The van der Waals surface area contributed by atoms with Gasteiger partial charge in [0.25, 0.3) is 5.19 Å². The lowest BCUT2D eigenvalue weighted by Crippen LogP contribution is -2.45. The Kier molecular flexibility index (Phi) is 9.00. The van der Waals surface area contributed by atoms with Gasteiger partial charge in [-0.2, -0.15) is 0 Å². The number of halogens is 1. The molecule has 9 heteroatoms. The van der Waals surface area contributed by atoms with E-state index >= 15 is 0 Å². The molecule has 0 spiro atoms. The normalized spacial score (nSPS) is 28.9. The molecule has 0 unspecified atom stereocenters. The summed E-state index contributed by atoms with van der Waals surface area (Å²) in [5.41, 5.74) is 0.951. The summed E-state index contributed by atoms with van der Waals surface area (Å²) in [5.74, 6) is -1.47. The number of fused-ring (bicyclic) bond motifs is 3. The maximum Gasteiger partial charge on any atom is 0.310 e. The number of thiazole rings is 1. The number of carboxylic acids is 1. The van der Waals surface area contributed by atoms with Crippen LogP contribution in [0, 0.1) is 17.3 Å². The summed E-state index contributed by atoms with van der Waals surface area (Å²) in [6.07, 6.45) is 10.5. The molecule has 3 aromatic rings. The van der Waals surface area contributed by atoms with Gasteiger partial charge in [-0.1, -0.05) is 82.6 Å². The fourth-order valence-electron chi connectivity index (χ4n) is 6.74. The van der Waals surface area contributed by atoms with Crippen molar-refractivity contribution in [1.82, 2.24) is 9.88 Å². The van der Waals surface area contributed by atoms with Crippen LogP contribution in [0.25, 0.3) is 10.2 Å². The van der Waals surface area contributed by atoms with Gasteiger partial charge in [0.05, 0.1) is 28.2 Å². The second-order valence-corrected chi connectivity index (χ2v) is 14.2. The van der Waals surface area contributed by atoms with Crippen LogP contribution in [0.4, 0.5) is 0 Å². The molecule has 0 radical (unpaired) electrons. The predicted octanol–water partition coefficient (Wildman–Crippen LogP) is 7.23. The first-order valence-electron chi connectivity index (χ1n) is 15.3. The molecule has 1 saturated heterocycles. The number of hydrogen-bond acceptors (Lipinski definition) is 6. The number of rotatable bonds is 6. The van der Waals surface area contributed by atoms with Gasteiger partial charge in [-0.3, -0.25) is 14.4 Å². The number of ketones is 1. The van der Waals surface area contributed by atoms with E-state index < -0.39 is 23.5 Å². The van der Waals surface area contributed by atoms with Crippen molar-refractivity contribution in [3.05, 3.63) is 70.7 Å². The van der Waals surface area contributed by atoms with E-state index in [1.54, 1.807) is 4.90 Å². The highest BCUT2D eigenvalue weighted by atomic mass is 79.9. The Morgan fingerprint density at radius 1 is 1.14 bits per heavy atom. The van der Waals surface area contributed by atoms with Crippen LogP contribution < -0.4 is 4.74 Å². The number of aryl methyl sites for hydroxylation is 1. The number of aliphatic carboxylic acids is 1. The minimum atomic E-state index is -1.07. The predicted molar refractivity (Wildman–Crippen MR) is 170 cm³/mol. The average molecular weight is 666 g/mol. The Bertz CT molecular complexity index is 1520. The molecule has 0 bridgehead atoms. The van der Waals surface area contributed by atoms with Crippen LogP contribution in [-0.4, -0.2) is 51.3 Å². The van der Waals surface area contributed by atoms with Gasteiger partial charge in [0.15, 0.2) is 5.78 Å². The first-order chi connectivity index (χ1) is 20.8. The first-order valence-corrected chi connectivity index (χ1v) is 16.9. The van der Waals surface area contributed by atoms with Gasteiger partial charge in [0.1, 0.15) is 6.10 Å². The fourth-order valence-corrected chi connectivity index (χ4v) is 8.18. The summed E-state index contributed by atoms with van der Waals surface area (Å²) in [5, 5.41) is 10.7. The monoisotopic (exact) mass is 664 g/mol. The van der Waals surface area contributed by atoms with E-state index in [4.69, 9.17) is 4.74 Å². The molecule has 2 aliphatic heterocycles. The van der Waals surface area contributed by atoms with Gasteiger partial charge >= 0.3 is 5.97 Å². The van der Waals surface area contributed by atoms with Crippen molar-refractivity contribution in [3.8, 4) is 5.19 Å². The lowest BCUT2D eigenvalue weighted by molar-refractivity contribution is -0.147. The van der Waals surface area contributed by atoms with Crippen LogP contribution in [0.15, 0.2) is 65.2 Å². The molecule has 2 fully saturated rings. The van der Waals surface area contributed by atoms with E-state index in [0.717, 1.165) is 53.2 Å². The number of benzene rings is 2. The van der Waals surface area contributed by atoms with Crippen molar-refractivity contribution >= 4 is 55.1 Å². The first kappa shape index (κ1) is 30.0. The summed E-state index contributed by atoms with van der Waals surface area (Å²) < 4.78 is 8.28. The van der Waals surface area contributed by atoms with Crippen LogP contribution >= 0.6 is 27.3 Å². The third-order valence-electron chi connectivity index (χ3n) is 9.33. The minimum absolute atomic E-state index is 0.0154. The molecule has 1 saturated carbocycles. The minimum Gasteiger partial charge on any atom is -0.481 e. The van der Waals surface area contributed by atoms with Crippen molar-refractivity contribution in [2.45, 2.75) is 76.4 Å². The zero-order valence-corrected chi connectivity index (χ0v) is 26.5. The summed E-state index contributed by atoms with van der Waals surface area (Å²) >= 11 is 4.94. The molecule has 1 amide bonds. The Balaban J connectivity index is 1.26. The number of ether oxygens (including phenoxy) is 1. The molecular weight excluding hydrogens is 628 g/mol. The van der Waals surface area contributed by atoms with Crippen molar-refractivity contribution in [1.29, 1.82) is 0 Å². The van der Waals surface area contributed by atoms with Crippen LogP contribution in [0.1, 0.15) is 63.4 Å². The molecule has 5 atom stereocenters. The topological polar surface area (TPSA) is 96.8 Å². The second-order valence-electron chi connectivity index (χ2n) is 12.3. The van der Waals surface area contributed by atoms with Gasteiger partial charge in [-0.15, -0.1) is 0 Å². The Hall–Kier alpha value is -3.04.